The van der Waals surface area contributed by atoms with Crippen molar-refractivity contribution in [3.8, 4) is 0 Å². The second-order valence-corrected chi connectivity index (χ2v) is 6.07. The van der Waals surface area contributed by atoms with Gasteiger partial charge < -0.3 is 20.5 Å². The van der Waals surface area contributed by atoms with Gasteiger partial charge >= 0.3 is 0 Å². The van der Waals surface area contributed by atoms with Crippen LogP contribution in [0.5, 0.6) is 0 Å². The summed E-state index contributed by atoms with van der Waals surface area (Å²) in [5.41, 5.74) is 3.69. The second-order valence-electron chi connectivity index (χ2n) is 6.07. The number of aromatic nitrogens is 1. The van der Waals surface area contributed by atoms with E-state index in [0.717, 1.165) is 42.0 Å². The van der Waals surface area contributed by atoms with Crippen molar-refractivity contribution in [2.75, 3.05) is 13.6 Å². The molecule has 0 aliphatic rings. The van der Waals surface area contributed by atoms with Crippen molar-refractivity contribution >= 4 is 11.9 Å². The minimum Gasteiger partial charge on any atom is -0.361 e. The number of nitrogens with zero attached hydrogens (tertiary/aromatic N) is 2. The van der Waals surface area contributed by atoms with Crippen LogP contribution >= 0.6 is 0 Å². The molecular formula is C20H29N5O2. The molecule has 1 aromatic carbocycles. The number of aliphatic imine (C=N–C) groups is 1. The summed E-state index contributed by atoms with van der Waals surface area (Å²) in [5.74, 6) is 1.53. The summed E-state index contributed by atoms with van der Waals surface area (Å²) in [5, 5.41) is 13.4. The van der Waals surface area contributed by atoms with Gasteiger partial charge in [0.2, 0.25) is 0 Å². The van der Waals surface area contributed by atoms with Crippen molar-refractivity contribution in [1.29, 1.82) is 0 Å². The molecule has 2 aromatic rings. The summed E-state index contributed by atoms with van der Waals surface area (Å²) in [4.78, 5) is 16.4. The fourth-order valence-corrected chi connectivity index (χ4v) is 2.78. The summed E-state index contributed by atoms with van der Waals surface area (Å²) >= 11 is 0. The van der Waals surface area contributed by atoms with Gasteiger partial charge in [-0.15, -0.1) is 0 Å². The van der Waals surface area contributed by atoms with E-state index in [9.17, 15) is 4.79 Å². The molecule has 0 radical (unpaired) electrons. The summed E-state index contributed by atoms with van der Waals surface area (Å²) in [6.07, 6.45) is 1.64. The van der Waals surface area contributed by atoms with E-state index in [2.05, 4.69) is 39.9 Å². The van der Waals surface area contributed by atoms with Crippen molar-refractivity contribution in [3.05, 3.63) is 52.4 Å². The Morgan fingerprint density at radius 3 is 2.67 bits per heavy atom. The van der Waals surface area contributed by atoms with E-state index in [0.29, 0.717) is 24.6 Å². The molecule has 0 aliphatic carbocycles. The molecular weight excluding hydrogens is 342 g/mol. The van der Waals surface area contributed by atoms with Crippen LogP contribution in [-0.4, -0.2) is 30.6 Å². The van der Waals surface area contributed by atoms with Crippen molar-refractivity contribution in [2.45, 2.75) is 46.7 Å². The third kappa shape index (κ3) is 5.57. The third-order valence-electron chi connectivity index (χ3n) is 4.22. The average Bonchev–Trinajstić information content (AvgIpc) is 3.11. The normalized spacial score (nSPS) is 11.3. The Bertz CT molecular complexity index is 761. The van der Waals surface area contributed by atoms with E-state index in [-0.39, 0.29) is 5.91 Å². The number of hydrogen-bond donors (Lipinski definition) is 3. The zero-order chi connectivity index (χ0) is 19.6. The van der Waals surface area contributed by atoms with Crippen LogP contribution < -0.4 is 16.0 Å². The molecule has 0 fully saturated rings. The number of carbonyl (C=O) groups is 1. The Hall–Kier alpha value is -2.83. The quantitative estimate of drug-likeness (QED) is 0.490. The second kappa shape index (κ2) is 10.4. The van der Waals surface area contributed by atoms with Crippen LogP contribution in [0.15, 0.2) is 33.8 Å². The molecule has 1 aromatic heterocycles. The molecule has 0 saturated heterocycles. The summed E-state index contributed by atoms with van der Waals surface area (Å²) in [7, 11) is 1.63. The zero-order valence-electron chi connectivity index (χ0n) is 16.6. The Morgan fingerprint density at radius 2 is 2.00 bits per heavy atom. The minimum absolute atomic E-state index is 0.0995. The molecule has 7 nitrogen and oxygen atoms in total. The molecule has 3 N–H and O–H groups in total. The number of aryl methyl sites for hydroxylation is 2. The maximum Gasteiger partial charge on any atom is 0.251 e. The number of guanidine groups is 1. The van der Waals surface area contributed by atoms with Crippen LogP contribution in [-0.2, 0) is 25.9 Å². The standard InChI is InChI=1S/C20H29N5O2/c1-5-17-16(18(6-2)27-25-17)13-24-20(22-7-3)23-12-14-9-8-10-15(11-14)19(26)21-4/h8-11H,5-7,12-13H2,1-4H3,(H,21,26)(H2,22,23,24). The third-order valence-corrected chi connectivity index (χ3v) is 4.22. The van der Waals surface area contributed by atoms with E-state index >= 15 is 0 Å². The van der Waals surface area contributed by atoms with Gasteiger partial charge in [0.15, 0.2) is 5.96 Å². The molecule has 0 unspecified atom stereocenters. The molecule has 2 rings (SSSR count). The van der Waals surface area contributed by atoms with Gasteiger partial charge in [-0.1, -0.05) is 31.1 Å². The highest BCUT2D eigenvalue weighted by Gasteiger charge is 2.13. The monoisotopic (exact) mass is 371 g/mol. The predicted molar refractivity (Wildman–Crippen MR) is 107 cm³/mol. The van der Waals surface area contributed by atoms with Gasteiger partial charge in [-0.05, 0) is 31.0 Å². The zero-order valence-corrected chi connectivity index (χ0v) is 16.6. The SMILES string of the molecule is CCNC(=NCc1cccc(C(=O)NC)c1)NCc1c(CC)noc1CC. The number of rotatable bonds is 8. The molecule has 1 amide bonds. The molecule has 7 heteroatoms. The molecule has 1 heterocycles. The summed E-state index contributed by atoms with van der Waals surface area (Å²) in [6, 6.07) is 7.48. The lowest BCUT2D eigenvalue weighted by molar-refractivity contribution is 0.0963. The van der Waals surface area contributed by atoms with Crippen LogP contribution in [0, 0.1) is 0 Å². The van der Waals surface area contributed by atoms with Gasteiger partial charge in [-0.25, -0.2) is 4.99 Å². The van der Waals surface area contributed by atoms with Crippen LogP contribution in [0.25, 0.3) is 0 Å². The van der Waals surface area contributed by atoms with E-state index in [1.807, 2.05) is 25.1 Å². The van der Waals surface area contributed by atoms with Crippen LogP contribution in [0.3, 0.4) is 0 Å². The fraction of sp³-hybridized carbons (Fsp3) is 0.450. The van der Waals surface area contributed by atoms with Crippen LogP contribution in [0.2, 0.25) is 0 Å². The van der Waals surface area contributed by atoms with Gasteiger partial charge in [0.25, 0.3) is 5.91 Å². The molecule has 0 aliphatic heterocycles. The highest BCUT2D eigenvalue weighted by Crippen LogP contribution is 2.15. The van der Waals surface area contributed by atoms with E-state index < -0.39 is 0 Å². The Labute approximate surface area is 160 Å². The average molecular weight is 371 g/mol. The summed E-state index contributed by atoms with van der Waals surface area (Å²) < 4.78 is 5.42. The minimum atomic E-state index is -0.0995. The van der Waals surface area contributed by atoms with Crippen molar-refractivity contribution in [3.63, 3.8) is 0 Å². The topological polar surface area (TPSA) is 91.5 Å². The molecule has 0 bridgehead atoms. The first kappa shape index (κ1) is 20.5. The van der Waals surface area contributed by atoms with Gasteiger partial charge in [0.1, 0.15) is 5.76 Å². The van der Waals surface area contributed by atoms with Crippen LogP contribution in [0.4, 0.5) is 0 Å². The van der Waals surface area contributed by atoms with Crippen LogP contribution in [0.1, 0.15) is 53.7 Å². The van der Waals surface area contributed by atoms with Gasteiger partial charge in [-0.3, -0.25) is 4.79 Å². The lowest BCUT2D eigenvalue weighted by atomic mass is 10.1. The molecule has 0 atom stereocenters. The highest BCUT2D eigenvalue weighted by atomic mass is 16.5. The maximum absolute atomic E-state index is 11.8. The van der Waals surface area contributed by atoms with Crippen molar-refractivity contribution < 1.29 is 9.32 Å². The lowest BCUT2D eigenvalue weighted by Crippen LogP contribution is -2.37. The van der Waals surface area contributed by atoms with Gasteiger partial charge in [0, 0.05) is 37.7 Å². The molecule has 146 valence electrons. The van der Waals surface area contributed by atoms with E-state index in [1.165, 1.54) is 0 Å². The number of amides is 1. The number of hydrogen-bond acceptors (Lipinski definition) is 4. The first-order valence-corrected chi connectivity index (χ1v) is 9.42. The lowest BCUT2D eigenvalue weighted by Gasteiger charge is -2.12. The number of nitrogens with one attached hydrogen (secondary N) is 3. The first-order chi connectivity index (χ1) is 13.1. The summed E-state index contributed by atoms with van der Waals surface area (Å²) in [6.45, 7) is 8.00. The number of carbonyl (C=O) groups excluding carboxylic acids is 1. The smallest absolute Gasteiger partial charge is 0.251 e. The van der Waals surface area contributed by atoms with Crippen molar-refractivity contribution in [2.24, 2.45) is 4.99 Å². The number of benzene rings is 1. The molecule has 0 spiro atoms. The Balaban J connectivity index is 2.09. The highest BCUT2D eigenvalue weighted by molar-refractivity contribution is 5.94. The van der Waals surface area contributed by atoms with E-state index in [4.69, 9.17) is 4.52 Å². The molecule has 27 heavy (non-hydrogen) atoms. The van der Waals surface area contributed by atoms with Crippen molar-refractivity contribution in [1.82, 2.24) is 21.1 Å². The first-order valence-electron chi connectivity index (χ1n) is 9.42. The Morgan fingerprint density at radius 1 is 1.19 bits per heavy atom. The predicted octanol–water partition coefficient (Wildman–Crippen LogP) is 2.41. The Kier molecular flexibility index (Phi) is 7.85. The fourth-order valence-electron chi connectivity index (χ4n) is 2.78. The van der Waals surface area contributed by atoms with Gasteiger partial charge in [-0.2, -0.15) is 0 Å². The van der Waals surface area contributed by atoms with Gasteiger partial charge in [0.05, 0.1) is 12.2 Å². The maximum atomic E-state index is 11.8. The van der Waals surface area contributed by atoms with E-state index in [1.54, 1.807) is 13.1 Å². The largest absolute Gasteiger partial charge is 0.361 e. The molecule has 0 saturated carbocycles.